The number of Topliss-reactive ketones (excluding diaryl/α,β-unsaturated/α-hetero) is 1. The predicted octanol–water partition coefficient (Wildman–Crippen LogP) is 3.01. The predicted molar refractivity (Wildman–Crippen MR) is 73.9 cm³/mol. The first-order chi connectivity index (χ1) is 8.58. The van der Waals surface area contributed by atoms with Gasteiger partial charge in [0, 0.05) is 12.5 Å². The van der Waals surface area contributed by atoms with E-state index in [1.54, 1.807) is 6.92 Å². The molecule has 3 N–H and O–H groups in total. The van der Waals surface area contributed by atoms with Gasteiger partial charge in [-0.1, -0.05) is 6.92 Å². The molecule has 0 radical (unpaired) electrons. The summed E-state index contributed by atoms with van der Waals surface area (Å²) in [7, 11) is 0. The monoisotopic (exact) mass is 263 g/mol. The van der Waals surface area contributed by atoms with Gasteiger partial charge >= 0.3 is 0 Å². The van der Waals surface area contributed by atoms with Crippen molar-refractivity contribution in [2.75, 3.05) is 11.1 Å². The van der Waals surface area contributed by atoms with Crippen LogP contribution in [0.25, 0.3) is 0 Å². The van der Waals surface area contributed by atoms with E-state index in [9.17, 15) is 4.79 Å². The molecule has 1 aromatic heterocycles. The third-order valence-corrected chi connectivity index (χ3v) is 4.50. The van der Waals surface area contributed by atoms with Crippen LogP contribution in [0.5, 0.6) is 0 Å². The van der Waals surface area contributed by atoms with Crippen LogP contribution in [-0.4, -0.2) is 11.8 Å². The van der Waals surface area contributed by atoms with Crippen LogP contribution in [0.1, 0.15) is 48.3 Å². The van der Waals surface area contributed by atoms with Crippen LogP contribution in [0.15, 0.2) is 0 Å². The zero-order chi connectivity index (χ0) is 13.3. The molecule has 0 aromatic carbocycles. The normalized spacial score (nSPS) is 16.1. The zero-order valence-corrected chi connectivity index (χ0v) is 11.4. The first kappa shape index (κ1) is 12.9. The summed E-state index contributed by atoms with van der Waals surface area (Å²) in [6.07, 6.45) is 2.88. The highest BCUT2D eigenvalue weighted by Crippen LogP contribution is 2.39. The fourth-order valence-corrected chi connectivity index (χ4v) is 3.12. The van der Waals surface area contributed by atoms with Gasteiger partial charge in [0.1, 0.15) is 16.6 Å². The summed E-state index contributed by atoms with van der Waals surface area (Å²) in [5.74, 6) is 0.686. The molecule has 18 heavy (non-hydrogen) atoms. The highest BCUT2D eigenvalue weighted by atomic mass is 32.1. The molecule has 1 atom stereocenters. The number of nitrogens with two attached hydrogens (primary N) is 1. The van der Waals surface area contributed by atoms with E-state index >= 15 is 0 Å². The van der Waals surface area contributed by atoms with E-state index in [1.165, 1.54) is 24.2 Å². The van der Waals surface area contributed by atoms with E-state index in [2.05, 4.69) is 18.3 Å². The molecule has 0 amide bonds. The summed E-state index contributed by atoms with van der Waals surface area (Å²) in [6.45, 7) is 3.91. The van der Waals surface area contributed by atoms with Gasteiger partial charge in [0.2, 0.25) is 0 Å². The topological polar surface area (TPSA) is 78.9 Å². The highest BCUT2D eigenvalue weighted by Gasteiger charge is 2.29. The second-order valence-corrected chi connectivity index (χ2v) is 5.73. The quantitative estimate of drug-likeness (QED) is 0.800. The molecule has 4 nitrogen and oxygen atoms in total. The number of rotatable bonds is 5. The Morgan fingerprint density at radius 3 is 2.83 bits per heavy atom. The number of hydrogen-bond acceptors (Lipinski definition) is 5. The van der Waals surface area contributed by atoms with Crippen LogP contribution >= 0.6 is 11.3 Å². The van der Waals surface area contributed by atoms with Crippen molar-refractivity contribution in [1.29, 1.82) is 5.26 Å². The number of carbonyl (C=O) groups excluding carboxylic acids is 1. The molecule has 0 spiro atoms. The van der Waals surface area contributed by atoms with Crippen molar-refractivity contribution in [2.24, 2.45) is 5.92 Å². The number of hydrogen-bond donors (Lipinski definition) is 2. The van der Waals surface area contributed by atoms with Gasteiger partial charge in [0.25, 0.3) is 0 Å². The molecular weight excluding hydrogens is 246 g/mol. The standard InChI is InChI=1S/C13H17N3OS/c1-3-10(17)12-11(15)9(6-14)13(18-12)16-7(2)8-4-5-8/h7-8,16H,3-5,15H2,1-2H3. The van der Waals surface area contributed by atoms with Gasteiger partial charge in [-0.25, -0.2) is 0 Å². The van der Waals surface area contributed by atoms with E-state index in [1.807, 2.05) is 0 Å². The van der Waals surface area contributed by atoms with Crippen molar-refractivity contribution in [3.63, 3.8) is 0 Å². The molecule has 96 valence electrons. The molecule has 1 aliphatic carbocycles. The minimum Gasteiger partial charge on any atom is -0.396 e. The second-order valence-electron chi connectivity index (χ2n) is 4.71. The van der Waals surface area contributed by atoms with Crippen LogP contribution in [0.3, 0.4) is 0 Å². The van der Waals surface area contributed by atoms with E-state index in [0.29, 0.717) is 34.5 Å². The Balaban J connectivity index is 2.28. The number of carbonyl (C=O) groups is 1. The SMILES string of the molecule is CCC(=O)c1sc(NC(C)C2CC2)c(C#N)c1N. The Hall–Kier alpha value is -1.54. The Kier molecular flexibility index (Phi) is 3.58. The number of nitrogen functional groups attached to an aromatic ring is 1. The zero-order valence-electron chi connectivity index (χ0n) is 10.6. The molecule has 1 unspecified atom stereocenters. The molecule has 1 fully saturated rings. The van der Waals surface area contributed by atoms with Crippen molar-refractivity contribution in [3.05, 3.63) is 10.4 Å². The molecule has 1 aliphatic rings. The maximum Gasteiger partial charge on any atom is 0.174 e. The fraction of sp³-hybridized carbons (Fsp3) is 0.538. The first-order valence-corrected chi connectivity index (χ1v) is 7.02. The summed E-state index contributed by atoms with van der Waals surface area (Å²) in [5.41, 5.74) is 6.64. The van der Waals surface area contributed by atoms with Crippen molar-refractivity contribution >= 4 is 27.8 Å². The lowest BCUT2D eigenvalue weighted by molar-refractivity contribution is 0.0993. The molecule has 1 aromatic rings. The minimum absolute atomic E-state index is 0.00104. The summed E-state index contributed by atoms with van der Waals surface area (Å²) in [5, 5.41) is 13.2. The van der Waals surface area contributed by atoms with Gasteiger partial charge in [0.05, 0.1) is 10.6 Å². The van der Waals surface area contributed by atoms with Gasteiger partial charge in [-0.2, -0.15) is 5.26 Å². The summed E-state index contributed by atoms with van der Waals surface area (Å²) >= 11 is 1.31. The van der Waals surface area contributed by atoms with Crippen molar-refractivity contribution in [2.45, 2.75) is 39.2 Å². The average Bonchev–Trinajstić information content (AvgIpc) is 3.15. The largest absolute Gasteiger partial charge is 0.396 e. The average molecular weight is 263 g/mol. The minimum atomic E-state index is 0.00104. The fourth-order valence-electron chi connectivity index (χ4n) is 1.95. The van der Waals surface area contributed by atoms with Crippen LogP contribution in [0.4, 0.5) is 10.7 Å². The van der Waals surface area contributed by atoms with E-state index in [0.717, 1.165) is 5.00 Å². The van der Waals surface area contributed by atoms with Gasteiger partial charge in [-0.05, 0) is 25.7 Å². The van der Waals surface area contributed by atoms with Crippen LogP contribution in [0, 0.1) is 17.2 Å². The van der Waals surface area contributed by atoms with Gasteiger partial charge in [0.15, 0.2) is 5.78 Å². The Morgan fingerprint density at radius 2 is 2.33 bits per heavy atom. The number of thiophene rings is 1. The van der Waals surface area contributed by atoms with E-state index in [4.69, 9.17) is 11.0 Å². The number of ketones is 1. The molecule has 1 heterocycles. The third-order valence-electron chi connectivity index (χ3n) is 3.32. The second kappa shape index (κ2) is 4.99. The number of anilines is 2. The van der Waals surface area contributed by atoms with Gasteiger partial charge < -0.3 is 11.1 Å². The number of nitrogens with one attached hydrogen (secondary N) is 1. The maximum atomic E-state index is 11.7. The number of nitrogens with zero attached hydrogens (tertiary/aromatic N) is 1. The van der Waals surface area contributed by atoms with E-state index in [-0.39, 0.29) is 5.78 Å². The van der Waals surface area contributed by atoms with E-state index < -0.39 is 0 Å². The lowest BCUT2D eigenvalue weighted by Gasteiger charge is -2.12. The van der Waals surface area contributed by atoms with Crippen LogP contribution in [0.2, 0.25) is 0 Å². The maximum absolute atomic E-state index is 11.7. The Morgan fingerprint density at radius 1 is 1.67 bits per heavy atom. The lowest BCUT2D eigenvalue weighted by Crippen LogP contribution is -2.16. The van der Waals surface area contributed by atoms with Crippen LogP contribution in [-0.2, 0) is 0 Å². The third kappa shape index (κ3) is 2.34. The molecule has 0 aliphatic heterocycles. The molecule has 2 rings (SSSR count). The molecule has 5 heteroatoms. The van der Waals surface area contributed by atoms with Crippen LogP contribution < -0.4 is 11.1 Å². The molecule has 1 saturated carbocycles. The Labute approximate surface area is 111 Å². The summed E-state index contributed by atoms with van der Waals surface area (Å²) in [4.78, 5) is 12.3. The van der Waals surface area contributed by atoms with Crippen molar-refractivity contribution in [3.8, 4) is 6.07 Å². The highest BCUT2D eigenvalue weighted by molar-refractivity contribution is 7.19. The molecule has 0 bridgehead atoms. The summed E-state index contributed by atoms with van der Waals surface area (Å²) in [6, 6.07) is 2.43. The molecular formula is C13H17N3OS. The molecule has 0 saturated heterocycles. The van der Waals surface area contributed by atoms with Crippen molar-refractivity contribution < 1.29 is 4.79 Å². The smallest absolute Gasteiger partial charge is 0.174 e. The van der Waals surface area contributed by atoms with Gasteiger partial charge in [-0.3, -0.25) is 4.79 Å². The van der Waals surface area contributed by atoms with Crippen molar-refractivity contribution in [1.82, 2.24) is 0 Å². The van der Waals surface area contributed by atoms with Gasteiger partial charge in [-0.15, -0.1) is 11.3 Å². The lowest BCUT2D eigenvalue weighted by atomic mass is 10.1. The first-order valence-electron chi connectivity index (χ1n) is 6.20. The summed E-state index contributed by atoms with van der Waals surface area (Å²) < 4.78 is 0. The number of nitriles is 1. The Bertz CT molecular complexity index is 511.